The number of anilines is 3. The average Bonchev–Trinajstić information content (AvgIpc) is 3.18. The molecule has 2 fully saturated rings. The molecular formula is C27H35N5O2. The van der Waals surface area contributed by atoms with Gasteiger partial charge in [-0.05, 0) is 88.3 Å². The number of carbonyl (C=O) groups excluding carboxylic acids is 2. The van der Waals surface area contributed by atoms with E-state index >= 15 is 0 Å². The van der Waals surface area contributed by atoms with Crippen molar-refractivity contribution >= 4 is 29.1 Å². The summed E-state index contributed by atoms with van der Waals surface area (Å²) in [7, 11) is 0. The first-order chi connectivity index (χ1) is 16.7. The number of aromatic nitrogens is 1. The monoisotopic (exact) mass is 461 g/mol. The molecule has 3 aliphatic heterocycles. The highest BCUT2D eigenvalue weighted by atomic mass is 16.2. The molecule has 2 saturated heterocycles. The molecule has 1 atom stereocenters. The van der Waals surface area contributed by atoms with Crippen molar-refractivity contribution in [1.82, 2.24) is 14.8 Å². The van der Waals surface area contributed by atoms with Crippen LogP contribution in [0.4, 0.5) is 22.0 Å². The number of urea groups is 1. The van der Waals surface area contributed by atoms with Gasteiger partial charge in [-0.3, -0.25) is 4.79 Å². The van der Waals surface area contributed by atoms with Crippen LogP contribution in [0.15, 0.2) is 42.6 Å². The number of nitrogens with one attached hydrogen (secondary N) is 1. The van der Waals surface area contributed by atoms with Gasteiger partial charge < -0.3 is 15.1 Å². The molecule has 1 unspecified atom stereocenters. The molecule has 7 heteroatoms. The average molecular weight is 462 g/mol. The maximum atomic E-state index is 14.0. The summed E-state index contributed by atoms with van der Waals surface area (Å²) in [4.78, 5) is 37.6. The van der Waals surface area contributed by atoms with E-state index in [1.165, 1.54) is 51.7 Å². The summed E-state index contributed by atoms with van der Waals surface area (Å²) in [5, 5.41) is 2.95. The number of benzene rings is 1. The fourth-order valence-corrected chi connectivity index (χ4v) is 5.59. The molecule has 1 aromatic carbocycles. The Labute approximate surface area is 202 Å². The van der Waals surface area contributed by atoms with Gasteiger partial charge in [-0.2, -0.15) is 0 Å². The van der Waals surface area contributed by atoms with Crippen molar-refractivity contribution in [1.29, 1.82) is 0 Å². The van der Waals surface area contributed by atoms with Gasteiger partial charge in [0.05, 0.1) is 16.9 Å². The first kappa shape index (κ1) is 22.8. The van der Waals surface area contributed by atoms with E-state index in [0.29, 0.717) is 28.7 Å². The zero-order valence-corrected chi connectivity index (χ0v) is 19.9. The summed E-state index contributed by atoms with van der Waals surface area (Å²) in [5.74, 6) is 0.680. The van der Waals surface area contributed by atoms with Crippen LogP contribution in [0.5, 0.6) is 0 Å². The molecule has 0 bridgehead atoms. The molecule has 0 saturated carbocycles. The maximum absolute atomic E-state index is 14.0. The second kappa shape index (κ2) is 10.6. The fraction of sp³-hybridized carbons (Fsp3) is 0.519. The molecule has 180 valence electrons. The molecule has 7 nitrogen and oxygen atoms in total. The summed E-state index contributed by atoms with van der Waals surface area (Å²) in [5.41, 5.74) is 1.72. The standard InChI is InChI=1S/C27H35N5O2/c33-26-22-12-8-15-28-25(22)32(24-14-3-2-13-23(24)29-26)27(34)31-19-7-4-10-21(20-31)11-9-18-30-16-5-1-6-17-30/h2-3,8,12-15,21H,1,4-7,9-11,16-20H2,(H,29,33). The van der Waals surface area contributed by atoms with Crippen molar-refractivity contribution in [2.45, 2.75) is 51.4 Å². The maximum Gasteiger partial charge on any atom is 0.330 e. The Morgan fingerprint density at radius 2 is 1.82 bits per heavy atom. The van der Waals surface area contributed by atoms with Gasteiger partial charge in [-0.15, -0.1) is 0 Å². The van der Waals surface area contributed by atoms with Gasteiger partial charge in [-0.1, -0.05) is 25.0 Å². The van der Waals surface area contributed by atoms with Crippen molar-refractivity contribution in [3.05, 3.63) is 48.2 Å². The topological polar surface area (TPSA) is 68.8 Å². The van der Waals surface area contributed by atoms with Gasteiger partial charge in [0.25, 0.3) is 5.91 Å². The molecule has 34 heavy (non-hydrogen) atoms. The van der Waals surface area contributed by atoms with Gasteiger partial charge in [0.1, 0.15) is 0 Å². The zero-order chi connectivity index (χ0) is 23.3. The van der Waals surface area contributed by atoms with E-state index in [0.717, 1.165) is 32.4 Å². The largest absolute Gasteiger partial charge is 0.330 e. The third-order valence-electron chi connectivity index (χ3n) is 7.40. The molecule has 1 N–H and O–H groups in total. The van der Waals surface area contributed by atoms with Gasteiger partial charge in [-0.25, -0.2) is 14.7 Å². The Morgan fingerprint density at radius 1 is 1.00 bits per heavy atom. The number of rotatable bonds is 4. The van der Waals surface area contributed by atoms with Crippen LogP contribution in [-0.4, -0.2) is 59.4 Å². The Hall–Kier alpha value is -2.93. The first-order valence-electron chi connectivity index (χ1n) is 12.9. The number of nitrogens with zero attached hydrogens (tertiary/aromatic N) is 4. The quantitative estimate of drug-likeness (QED) is 0.673. The number of fused-ring (bicyclic) bond motifs is 2. The summed E-state index contributed by atoms with van der Waals surface area (Å²) in [6.07, 6.45) is 11.4. The van der Waals surface area contributed by atoms with Crippen LogP contribution in [0, 0.1) is 5.92 Å². The number of hydrogen-bond donors (Lipinski definition) is 1. The smallest absolute Gasteiger partial charge is 0.324 e. The number of amides is 3. The lowest BCUT2D eigenvalue weighted by Crippen LogP contribution is -2.43. The van der Waals surface area contributed by atoms with Crippen LogP contribution in [-0.2, 0) is 0 Å². The second-order valence-electron chi connectivity index (χ2n) is 9.82. The number of piperidine rings is 1. The molecular weight excluding hydrogens is 426 g/mol. The fourth-order valence-electron chi connectivity index (χ4n) is 5.59. The van der Waals surface area contributed by atoms with E-state index in [-0.39, 0.29) is 11.9 Å². The van der Waals surface area contributed by atoms with Gasteiger partial charge >= 0.3 is 6.03 Å². The lowest BCUT2D eigenvalue weighted by atomic mass is 9.97. The minimum Gasteiger partial charge on any atom is -0.324 e. The van der Waals surface area contributed by atoms with E-state index in [4.69, 9.17) is 0 Å². The molecule has 0 spiro atoms. The number of pyridine rings is 1. The molecule has 0 radical (unpaired) electrons. The zero-order valence-electron chi connectivity index (χ0n) is 19.9. The van der Waals surface area contributed by atoms with Crippen molar-refractivity contribution in [2.75, 3.05) is 42.9 Å². The third-order valence-corrected chi connectivity index (χ3v) is 7.40. The van der Waals surface area contributed by atoms with E-state index in [2.05, 4.69) is 15.2 Å². The predicted octanol–water partition coefficient (Wildman–Crippen LogP) is 5.27. The first-order valence-corrected chi connectivity index (χ1v) is 12.9. The minimum absolute atomic E-state index is 0.0909. The summed E-state index contributed by atoms with van der Waals surface area (Å²) in [6.45, 7) is 5.16. The Kier molecular flexibility index (Phi) is 7.09. The number of para-hydroxylation sites is 2. The van der Waals surface area contributed by atoms with Crippen molar-refractivity contribution in [2.24, 2.45) is 5.92 Å². The van der Waals surface area contributed by atoms with Crippen LogP contribution in [0.1, 0.15) is 61.7 Å². The van der Waals surface area contributed by atoms with E-state index in [1.54, 1.807) is 23.2 Å². The Bertz CT molecular complexity index is 1020. The van der Waals surface area contributed by atoms with E-state index in [1.807, 2.05) is 29.2 Å². The molecule has 2 aromatic rings. The van der Waals surface area contributed by atoms with Crippen LogP contribution in [0.3, 0.4) is 0 Å². The molecule has 3 amide bonds. The van der Waals surface area contributed by atoms with Crippen LogP contribution < -0.4 is 10.2 Å². The third kappa shape index (κ3) is 4.94. The van der Waals surface area contributed by atoms with Crippen LogP contribution in [0.25, 0.3) is 0 Å². The van der Waals surface area contributed by atoms with Crippen molar-refractivity contribution in [3.63, 3.8) is 0 Å². The lowest BCUT2D eigenvalue weighted by molar-refractivity contribution is 0.102. The highest BCUT2D eigenvalue weighted by Crippen LogP contribution is 2.37. The van der Waals surface area contributed by atoms with E-state index in [9.17, 15) is 9.59 Å². The van der Waals surface area contributed by atoms with Crippen molar-refractivity contribution < 1.29 is 9.59 Å². The lowest BCUT2D eigenvalue weighted by Gasteiger charge is -2.32. The second-order valence-corrected chi connectivity index (χ2v) is 9.82. The molecule has 0 aliphatic carbocycles. The van der Waals surface area contributed by atoms with Gasteiger partial charge in [0, 0.05) is 19.3 Å². The van der Waals surface area contributed by atoms with Gasteiger partial charge in [0.15, 0.2) is 5.82 Å². The SMILES string of the molecule is O=C1Nc2ccccc2N(C(=O)N2CCCCC(CCCN3CCCCC3)C2)c2ncccc21. The number of hydrogen-bond acceptors (Lipinski definition) is 4. The number of carbonyl (C=O) groups is 2. The summed E-state index contributed by atoms with van der Waals surface area (Å²) >= 11 is 0. The highest BCUT2D eigenvalue weighted by Gasteiger charge is 2.34. The van der Waals surface area contributed by atoms with Crippen molar-refractivity contribution in [3.8, 4) is 0 Å². The number of likely N-dealkylation sites (tertiary alicyclic amines) is 2. The normalized spacial score (nSPS) is 21.2. The Morgan fingerprint density at radius 3 is 2.71 bits per heavy atom. The Balaban J connectivity index is 1.34. The molecule has 3 aliphatic rings. The van der Waals surface area contributed by atoms with Crippen LogP contribution >= 0.6 is 0 Å². The minimum atomic E-state index is -0.239. The van der Waals surface area contributed by atoms with Crippen LogP contribution in [0.2, 0.25) is 0 Å². The molecule has 4 heterocycles. The summed E-state index contributed by atoms with van der Waals surface area (Å²) in [6, 6.07) is 10.9. The molecule has 5 rings (SSSR count). The highest BCUT2D eigenvalue weighted by molar-refractivity contribution is 6.16. The van der Waals surface area contributed by atoms with Gasteiger partial charge in [0.2, 0.25) is 0 Å². The van der Waals surface area contributed by atoms with E-state index < -0.39 is 0 Å². The summed E-state index contributed by atoms with van der Waals surface area (Å²) < 4.78 is 0. The molecule has 1 aromatic heterocycles. The predicted molar refractivity (Wildman–Crippen MR) is 135 cm³/mol.